The minimum absolute atomic E-state index is 0.393. The van der Waals surface area contributed by atoms with Crippen LogP contribution in [0, 0.1) is 0 Å². The van der Waals surface area contributed by atoms with Crippen LogP contribution in [0.1, 0.15) is 162 Å². The van der Waals surface area contributed by atoms with E-state index in [1.807, 2.05) is 0 Å². The molecular formula is C37H74N4O. The lowest BCUT2D eigenvalue weighted by atomic mass is 10.1. The number of likely N-dealkylation sites (N-methyl/N-ethyl adjacent to an activating group) is 1. The highest BCUT2D eigenvalue weighted by Gasteiger charge is 2.43. The number of hydrogen-bond acceptors (Lipinski definition) is 4. The Kier molecular flexibility index (Phi) is 22.0. The third kappa shape index (κ3) is 16.4. The van der Waals surface area contributed by atoms with Crippen LogP contribution < -0.4 is 0 Å². The van der Waals surface area contributed by atoms with Crippen LogP contribution in [0.2, 0.25) is 0 Å². The van der Waals surface area contributed by atoms with Gasteiger partial charge in [-0.05, 0) is 52.4 Å². The number of hydrogen-bond donors (Lipinski definition) is 0. The summed E-state index contributed by atoms with van der Waals surface area (Å²) in [5.74, 6) is 0.393. The molecule has 2 unspecified atom stereocenters. The van der Waals surface area contributed by atoms with Gasteiger partial charge in [-0.1, -0.05) is 136 Å². The van der Waals surface area contributed by atoms with Gasteiger partial charge in [0.15, 0.2) is 0 Å². The summed E-state index contributed by atoms with van der Waals surface area (Å²) in [6.07, 6.45) is 29.9. The van der Waals surface area contributed by atoms with Crippen LogP contribution >= 0.6 is 0 Å². The Morgan fingerprint density at radius 3 is 1.33 bits per heavy atom. The predicted molar refractivity (Wildman–Crippen MR) is 183 cm³/mol. The fraction of sp³-hybridized carbons (Fsp3) is 0.973. The zero-order valence-electron chi connectivity index (χ0n) is 29.1. The lowest BCUT2D eigenvalue weighted by Gasteiger charge is -2.34. The third-order valence-corrected chi connectivity index (χ3v) is 10.2. The van der Waals surface area contributed by atoms with Crippen molar-refractivity contribution in [1.82, 2.24) is 19.6 Å². The van der Waals surface area contributed by atoms with Crippen LogP contribution in [0.5, 0.6) is 0 Å². The lowest BCUT2D eigenvalue weighted by molar-refractivity contribution is -0.134. The molecule has 0 aromatic carbocycles. The molecule has 2 heterocycles. The van der Waals surface area contributed by atoms with Gasteiger partial charge in [-0.2, -0.15) is 0 Å². The highest BCUT2D eigenvalue weighted by Crippen LogP contribution is 2.29. The van der Waals surface area contributed by atoms with Gasteiger partial charge >= 0.3 is 0 Å². The first-order valence-corrected chi connectivity index (χ1v) is 19.0. The Morgan fingerprint density at radius 2 is 0.929 bits per heavy atom. The maximum atomic E-state index is 13.5. The Hall–Kier alpha value is -0.650. The number of unbranched alkanes of at least 4 members (excludes halogenated alkanes) is 18. The quantitative estimate of drug-likeness (QED) is 0.0815. The molecule has 5 nitrogen and oxygen atoms in total. The van der Waals surface area contributed by atoms with E-state index in [-0.39, 0.29) is 0 Å². The molecule has 2 bridgehead atoms. The number of nitrogens with zero attached hydrogens (tertiary/aromatic N) is 4. The maximum absolute atomic E-state index is 13.5. The van der Waals surface area contributed by atoms with Crippen molar-refractivity contribution in [3.8, 4) is 0 Å². The molecule has 2 rings (SSSR count). The van der Waals surface area contributed by atoms with E-state index in [1.54, 1.807) is 0 Å². The van der Waals surface area contributed by atoms with E-state index in [2.05, 4.69) is 47.4 Å². The first-order chi connectivity index (χ1) is 20.6. The molecule has 5 heteroatoms. The van der Waals surface area contributed by atoms with E-state index in [9.17, 15) is 4.79 Å². The molecule has 0 aromatic rings. The van der Waals surface area contributed by atoms with Gasteiger partial charge in [0.25, 0.3) is 0 Å². The van der Waals surface area contributed by atoms with Crippen LogP contribution in [0.3, 0.4) is 0 Å². The number of likely N-dealkylation sites (tertiary alicyclic amines) is 2. The molecular weight excluding hydrogens is 516 g/mol. The summed E-state index contributed by atoms with van der Waals surface area (Å²) < 4.78 is 0. The van der Waals surface area contributed by atoms with Crippen molar-refractivity contribution in [2.75, 3.05) is 59.4 Å². The van der Waals surface area contributed by atoms with E-state index in [4.69, 9.17) is 0 Å². The Morgan fingerprint density at radius 1 is 0.524 bits per heavy atom. The smallest absolute Gasteiger partial charge is 0.237 e. The van der Waals surface area contributed by atoms with Gasteiger partial charge in [-0.15, -0.1) is 0 Å². The topological polar surface area (TPSA) is 30.0 Å². The van der Waals surface area contributed by atoms with Gasteiger partial charge in [0.2, 0.25) is 5.91 Å². The van der Waals surface area contributed by atoms with Crippen LogP contribution in [-0.2, 0) is 4.79 Å². The van der Waals surface area contributed by atoms with Gasteiger partial charge in [-0.25, -0.2) is 0 Å². The first kappa shape index (κ1) is 37.5. The average molecular weight is 591 g/mol. The van der Waals surface area contributed by atoms with Crippen LogP contribution in [0.25, 0.3) is 0 Å². The fourth-order valence-electron chi connectivity index (χ4n) is 7.22. The van der Waals surface area contributed by atoms with Crippen molar-refractivity contribution in [2.24, 2.45) is 0 Å². The second-order valence-corrected chi connectivity index (χ2v) is 14.0. The largest absolute Gasteiger partial charge is 0.336 e. The number of rotatable bonds is 29. The van der Waals surface area contributed by atoms with Gasteiger partial charge in [0, 0.05) is 38.3 Å². The molecule has 0 saturated carbocycles. The fourth-order valence-corrected chi connectivity index (χ4v) is 7.22. The molecule has 0 aromatic heterocycles. The predicted octanol–water partition coefficient (Wildman–Crippen LogP) is 8.76. The van der Waals surface area contributed by atoms with Gasteiger partial charge < -0.3 is 9.80 Å². The summed E-state index contributed by atoms with van der Waals surface area (Å²) in [7, 11) is 2.23. The average Bonchev–Trinajstić information content (AvgIpc) is 3.57. The highest BCUT2D eigenvalue weighted by atomic mass is 16.2. The Bertz CT molecular complexity index is 623. The van der Waals surface area contributed by atoms with Crippen molar-refractivity contribution in [3.63, 3.8) is 0 Å². The van der Waals surface area contributed by atoms with Crippen LogP contribution in [0.4, 0.5) is 0 Å². The summed E-state index contributed by atoms with van der Waals surface area (Å²) >= 11 is 0. The first-order valence-electron chi connectivity index (χ1n) is 19.0. The lowest BCUT2D eigenvalue weighted by Crippen LogP contribution is -2.51. The molecule has 2 aliphatic heterocycles. The van der Waals surface area contributed by atoms with Crippen molar-refractivity contribution in [1.29, 1.82) is 0 Å². The second kappa shape index (κ2) is 24.6. The maximum Gasteiger partial charge on any atom is 0.237 e. The van der Waals surface area contributed by atoms with Crippen molar-refractivity contribution >= 4 is 5.91 Å². The zero-order chi connectivity index (χ0) is 30.3. The zero-order valence-corrected chi connectivity index (χ0v) is 29.1. The molecule has 2 saturated heterocycles. The van der Waals surface area contributed by atoms with Crippen LogP contribution in [-0.4, -0.2) is 97.0 Å². The summed E-state index contributed by atoms with van der Waals surface area (Å²) in [5.41, 5.74) is 0. The van der Waals surface area contributed by atoms with E-state index in [0.717, 1.165) is 32.7 Å². The highest BCUT2D eigenvalue weighted by molar-refractivity contribution is 5.79. The Balaban J connectivity index is 1.83. The van der Waals surface area contributed by atoms with E-state index in [0.29, 0.717) is 24.5 Å². The molecule has 0 aliphatic carbocycles. The summed E-state index contributed by atoms with van der Waals surface area (Å²) in [4.78, 5) is 23.5. The Labute approximate surface area is 263 Å². The SMILES string of the molecule is CCCCCCCCCN(CCCCCCCCC)CCN(CCCCCCCCC)CC(=O)N1CC2CC1CN2C. The molecule has 42 heavy (non-hydrogen) atoms. The molecule has 0 N–H and O–H groups in total. The standard InChI is InChI=1S/C37H74N4O/c1-5-8-11-14-17-20-23-26-39(27-24-21-18-15-12-9-6-2)29-30-40(28-25-22-19-16-13-10-7-3)34-37(42)41-33-35-31-36(41)32-38(35)4/h35-36H,5-34H2,1-4H3. The summed E-state index contributed by atoms with van der Waals surface area (Å²) in [5, 5.41) is 0. The minimum atomic E-state index is 0.393. The number of carbonyl (C=O) groups excluding carboxylic acids is 1. The molecule has 248 valence electrons. The molecule has 2 fully saturated rings. The molecule has 2 atom stereocenters. The van der Waals surface area contributed by atoms with E-state index in [1.165, 1.54) is 154 Å². The number of fused-ring (bicyclic) bond motifs is 2. The van der Waals surface area contributed by atoms with Crippen molar-refractivity contribution in [3.05, 3.63) is 0 Å². The number of carbonyl (C=O) groups is 1. The van der Waals surface area contributed by atoms with Crippen molar-refractivity contribution in [2.45, 2.75) is 174 Å². The normalized spacial score (nSPS) is 18.8. The molecule has 0 radical (unpaired) electrons. The number of amides is 1. The second-order valence-electron chi connectivity index (χ2n) is 14.0. The van der Waals surface area contributed by atoms with E-state index >= 15 is 0 Å². The molecule has 1 amide bonds. The van der Waals surface area contributed by atoms with E-state index < -0.39 is 0 Å². The van der Waals surface area contributed by atoms with Gasteiger partial charge in [-0.3, -0.25) is 14.6 Å². The summed E-state index contributed by atoms with van der Waals surface area (Å²) in [6.45, 7) is 15.3. The number of piperazine rings is 1. The third-order valence-electron chi connectivity index (χ3n) is 10.2. The molecule has 0 spiro atoms. The summed E-state index contributed by atoms with van der Waals surface area (Å²) in [6, 6.07) is 1.05. The van der Waals surface area contributed by atoms with Gasteiger partial charge in [0.05, 0.1) is 6.54 Å². The molecule has 2 aliphatic rings. The van der Waals surface area contributed by atoms with Crippen molar-refractivity contribution < 1.29 is 4.79 Å². The van der Waals surface area contributed by atoms with Gasteiger partial charge in [0.1, 0.15) is 0 Å². The monoisotopic (exact) mass is 591 g/mol. The minimum Gasteiger partial charge on any atom is -0.336 e. The van der Waals surface area contributed by atoms with Crippen LogP contribution in [0.15, 0.2) is 0 Å².